The summed E-state index contributed by atoms with van der Waals surface area (Å²) >= 11 is 0. The van der Waals surface area contributed by atoms with Gasteiger partial charge in [-0.3, -0.25) is 19.2 Å². The lowest BCUT2D eigenvalue weighted by molar-refractivity contribution is -0.114. The highest BCUT2D eigenvalue weighted by molar-refractivity contribution is 6.08. The van der Waals surface area contributed by atoms with Crippen molar-refractivity contribution in [1.82, 2.24) is 19.7 Å². The quantitative estimate of drug-likeness (QED) is 0.143. The number of fused-ring (bicyclic) bond motifs is 2. The summed E-state index contributed by atoms with van der Waals surface area (Å²) in [6.07, 6.45) is 8.13. The van der Waals surface area contributed by atoms with Crippen LogP contribution in [0, 0.1) is 13.8 Å². The van der Waals surface area contributed by atoms with Crippen molar-refractivity contribution in [2.24, 2.45) is 5.10 Å². The highest BCUT2D eigenvalue weighted by Gasteiger charge is 2.28. The number of amides is 2. The summed E-state index contributed by atoms with van der Waals surface area (Å²) in [5.74, 6) is -0.538. The Bertz CT molecular complexity index is 2310. The van der Waals surface area contributed by atoms with Gasteiger partial charge >= 0.3 is 0 Å². The number of nitrogens with one attached hydrogen (secondary N) is 3. The average molecular weight is 617 g/mol. The van der Waals surface area contributed by atoms with Gasteiger partial charge in [-0.05, 0) is 85.7 Å². The molecule has 46 heavy (non-hydrogen) atoms. The maximum atomic E-state index is 13.3. The summed E-state index contributed by atoms with van der Waals surface area (Å²) in [5.41, 5.74) is 9.29. The second kappa shape index (κ2) is 11.5. The van der Waals surface area contributed by atoms with Crippen molar-refractivity contribution in [3.63, 3.8) is 0 Å². The zero-order chi connectivity index (χ0) is 32.7. The van der Waals surface area contributed by atoms with Gasteiger partial charge < -0.3 is 26.1 Å². The molecule has 13 nitrogen and oxygen atoms in total. The van der Waals surface area contributed by atoms with Crippen LogP contribution in [0.4, 0.5) is 17.1 Å². The maximum absolute atomic E-state index is 13.3. The maximum Gasteiger partial charge on any atom is 0.282 e. The van der Waals surface area contributed by atoms with E-state index in [2.05, 4.69) is 25.5 Å². The molecule has 3 aromatic rings. The molecule has 4 heterocycles. The lowest BCUT2D eigenvalue weighted by Gasteiger charge is -2.12. The van der Waals surface area contributed by atoms with E-state index in [9.17, 15) is 24.3 Å². The number of nitrogen functional groups attached to an aromatic ring is 1. The molecule has 2 aromatic carbocycles. The molecule has 0 fully saturated rings. The van der Waals surface area contributed by atoms with Crippen LogP contribution in [-0.4, -0.2) is 36.7 Å². The number of nitrogens with two attached hydrogens (primary N) is 1. The summed E-state index contributed by atoms with van der Waals surface area (Å²) < 4.78 is 1.22. The number of rotatable bonds is 6. The molecule has 13 heteroatoms. The minimum Gasteiger partial charge on any atom is -0.494 e. The van der Waals surface area contributed by atoms with Crippen molar-refractivity contribution in [3.05, 3.63) is 120 Å². The van der Waals surface area contributed by atoms with Crippen molar-refractivity contribution < 1.29 is 14.7 Å². The molecular formula is C33H28N8O5. The molecule has 0 saturated carbocycles. The number of anilines is 3. The number of aromatic nitrogens is 4. The topological polar surface area (TPSA) is 192 Å². The molecule has 2 amide bonds. The summed E-state index contributed by atoms with van der Waals surface area (Å²) in [6, 6.07) is 13.3. The van der Waals surface area contributed by atoms with Crippen LogP contribution in [0.2, 0.25) is 0 Å². The number of hydrogen-bond acceptors (Lipinski definition) is 8. The number of benzene rings is 2. The predicted molar refractivity (Wildman–Crippen MR) is 174 cm³/mol. The van der Waals surface area contributed by atoms with Gasteiger partial charge in [-0.15, -0.1) is 10.2 Å². The number of pyridine rings is 2. The third kappa shape index (κ3) is 5.26. The SMILES string of the molecule is CC(=O)Nc1ccc(-n2nc3[nH]c(O)c(/C=C/C=C/C=c4/c(C)c5c([nH]c4=O)=NN(c4ccc(N)cc4)C5=O)c(C)c-3c2=O)cc1. The van der Waals surface area contributed by atoms with Gasteiger partial charge in [0.25, 0.3) is 17.0 Å². The van der Waals surface area contributed by atoms with Gasteiger partial charge in [0.1, 0.15) is 0 Å². The summed E-state index contributed by atoms with van der Waals surface area (Å²) in [6.45, 7) is 4.80. The van der Waals surface area contributed by atoms with E-state index in [1.165, 1.54) is 16.6 Å². The summed E-state index contributed by atoms with van der Waals surface area (Å²) in [5, 5.41) is 23.5. The van der Waals surface area contributed by atoms with Crippen molar-refractivity contribution in [1.29, 1.82) is 0 Å². The fourth-order valence-electron chi connectivity index (χ4n) is 5.25. The first-order chi connectivity index (χ1) is 22.0. The Morgan fingerprint density at radius 1 is 0.913 bits per heavy atom. The molecule has 0 saturated heterocycles. The highest BCUT2D eigenvalue weighted by atomic mass is 16.3. The smallest absolute Gasteiger partial charge is 0.282 e. The fraction of sp³-hybridized carbons (Fsp3) is 0.0909. The standard InChI is InChI=1S/C33H28N8O5/c1-17-24(30(43)36-28-26(17)32(45)40(38-28)22-13-9-20(34)10-14-22)7-5-4-6-8-25-18(2)27-29(37-31(25)44)39-41(33(27)46)23-15-11-21(12-16-23)35-19(3)42/h4-16H,34H2,1-3H3,(H,35,42)(H,36,38,43)(H2,37,39,44)/b5-4+,8-6+,24-7-. The number of carbonyl (C=O) groups is 2. The number of H-pyrrole nitrogens is 2. The van der Waals surface area contributed by atoms with Crippen LogP contribution in [-0.2, 0) is 4.79 Å². The van der Waals surface area contributed by atoms with Crippen molar-refractivity contribution >= 4 is 41.0 Å². The van der Waals surface area contributed by atoms with Crippen molar-refractivity contribution in [2.75, 3.05) is 16.1 Å². The molecule has 3 aliphatic heterocycles. The van der Waals surface area contributed by atoms with Crippen molar-refractivity contribution in [3.8, 4) is 23.0 Å². The first kappa shape index (κ1) is 29.6. The fourth-order valence-corrected chi connectivity index (χ4v) is 5.25. The Kier molecular flexibility index (Phi) is 7.42. The van der Waals surface area contributed by atoms with E-state index in [4.69, 9.17) is 5.73 Å². The van der Waals surface area contributed by atoms with E-state index >= 15 is 0 Å². The molecule has 230 valence electrons. The first-order valence-corrected chi connectivity index (χ1v) is 14.1. The molecule has 0 bridgehead atoms. The Hall–Kier alpha value is -6.50. The largest absolute Gasteiger partial charge is 0.494 e. The van der Waals surface area contributed by atoms with Gasteiger partial charge in [-0.2, -0.15) is 9.69 Å². The Morgan fingerprint density at radius 3 is 2.30 bits per heavy atom. The Balaban J connectivity index is 1.26. The molecule has 6 N–H and O–H groups in total. The lowest BCUT2D eigenvalue weighted by Crippen LogP contribution is -2.38. The van der Waals surface area contributed by atoms with Gasteiger partial charge in [-0.25, -0.2) is 0 Å². The number of aromatic hydroxyl groups is 1. The number of allylic oxidation sites excluding steroid dienone is 3. The van der Waals surface area contributed by atoms with E-state index in [1.807, 2.05) is 0 Å². The van der Waals surface area contributed by atoms with Crippen LogP contribution in [0.25, 0.3) is 29.2 Å². The van der Waals surface area contributed by atoms with Crippen LogP contribution < -0.4 is 37.9 Å². The van der Waals surface area contributed by atoms with Gasteiger partial charge in [0.05, 0.1) is 22.5 Å². The zero-order valence-corrected chi connectivity index (χ0v) is 25.0. The van der Waals surface area contributed by atoms with E-state index in [0.29, 0.717) is 55.8 Å². The number of aromatic amines is 2. The van der Waals surface area contributed by atoms with Gasteiger partial charge in [0.15, 0.2) is 17.2 Å². The average Bonchev–Trinajstić information content (AvgIpc) is 3.52. The molecule has 6 rings (SSSR count). The van der Waals surface area contributed by atoms with Gasteiger partial charge in [0.2, 0.25) is 5.91 Å². The van der Waals surface area contributed by atoms with E-state index in [-0.39, 0.29) is 34.6 Å². The molecule has 3 aliphatic rings. The number of hydrogen-bond donors (Lipinski definition) is 5. The van der Waals surface area contributed by atoms with Gasteiger partial charge in [0, 0.05) is 29.1 Å². The molecular weight excluding hydrogens is 588 g/mol. The third-order valence-electron chi connectivity index (χ3n) is 7.53. The van der Waals surface area contributed by atoms with Crippen molar-refractivity contribution in [2.45, 2.75) is 20.8 Å². The second-order valence-electron chi connectivity index (χ2n) is 10.6. The zero-order valence-electron chi connectivity index (χ0n) is 25.0. The number of carbonyl (C=O) groups excluding carboxylic acids is 2. The van der Waals surface area contributed by atoms with Crippen LogP contribution in [0.5, 0.6) is 5.88 Å². The van der Waals surface area contributed by atoms with Crippen LogP contribution >= 0.6 is 0 Å². The highest BCUT2D eigenvalue weighted by Crippen LogP contribution is 2.30. The lowest BCUT2D eigenvalue weighted by atomic mass is 10.0. The molecule has 0 aliphatic carbocycles. The molecule has 0 spiro atoms. The second-order valence-corrected chi connectivity index (χ2v) is 10.6. The van der Waals surface area contributed by atoms with Crippen LogP contribution in [0.15, 0.2) is 81.4 Å². The number of nitrogens with zero attached hydrogens (tertiary/aromatic N) is 4. The molecule has 0 unspecified atom stereocenters. The van der Waals surface area contributed by atoms with Gasteiger partial charge in [-0.1, -0.05) is 18.2 Å². The van der Waals surface area contributed by atoms with E-state index < -0.39 is 5.56 Å². The Labute approximate surface area is 260 Å². The monoisotopic (exact) mass is 616 g/mol. The van der Waals surface area contributed by atoms with E-state index in [1.54, 1.807) is 92.8 Å². The molecule has 0 atom stereocenters. The van der Waals surface area contributed by atoms with E-state index in [0.717, 1.165) is 0 Å². The molecule has 1 aromatic heterocycles. The minimum atomic E-state index is -0.404. The Morgan fingerprint density at radius 2 is 1.61 bits per heavy atom. The minimum absolute atomic E-state index is 0.178. The summed E-state index contributed by atoms with van der Waals surface area (Å²) in [7, 11) is 0. The van der Waals surface area contributed by atoms with Crippen LogP contribution in [0.3, 0.4) is 0 Å². The first-order valence-electron chi connectivity index (χ1n) is 14.1. The third-order valence-corrected chi connectivity index (χ3v) is 7.53. The normalized spacial score (nSPS) is 13.2. The summed E-state index contributed by atoms with van der Waals surface area (Å²) in [4.78, 5) is 56.1. The predicted octanol–water partition coefficient (Wildman–Crippen LogP) is 2.46. The molecule has 0 radical (unpaired) electrons. The van der Waals surface area contributed by atoms with Crippen LogP contribution in [0.1, 0.15) is 34.0 Å².